The van der Waals surface area contributed by atoms with Crippen molar-refractivity contribution in [2.45, 2.75) is 57.8 Å². The van der Waals surface area contributed by atoms with Gasteiger partial charge >= 0.3 is 7.60 Å². The molecule has 0 spiro atoms. The molecule has 0 aromatic heterocycles. The first kappa shape index (κ1) is 15.9. The van der Waals surface area contributed by atoms with E-state index in [1.165, 1.54) is 32.1 Å². The van der Waals surface area contributed by atoms with E-state index in [0.29, 0.717) is 6.42 Å². The van der Waals surface area contributed by atoms with Crippen LogP contribution in [0.2, 0.25) is 0 Å². The first-order chi connectivity index (χ1) is 7.56. The summed E-state index contributed by atoms with van der Waals surface area (Å²) < 4.78 is 10.6. The average molecular weight is 248 g/mol. The third kappa shape index (κ3) is 13.9. The van der Waals surface area contributed by atoms with E-state index < -0.39 is 7.60 Å². The maximum atomic E-state index is 10.6. The third-order valence-corrected chi connectivity index (χ3v) is 3.51. The normalized spacial score (nSPS) is 11.6. The molecular weight excluding hydrogens is 223 g/mol. The second-order valence-corrected chi connectivity index (χ2v) is 6.07. The Labute approximate surface area is 99.1 Å². The first-order valence-electron chi connectivity index (χ1n) is 6.22. The van der Waals surface area contributed by atoms with Gasteiger partial charge in [-0.25, -0.2) is 0 Å². The molecule has 4 heteroatoms. The van der Waals surface area contributed by atoms with E-state index in [2.05, 4.69) is 6.58 Å². The minimum atomic E-state index is -3.75. The lowest BCUT2D eigenvalue weighted by molar-refractivity contribution is 0.370. The van der Waals surface area contributed by atoms with E-state index >= 15 is 0 Å². The van der Waals surface area contributed by atoms with E-state index in [0.717, 1.165) is 19.3 Å². The zero-order valence-electron chi connectivity index (χ0n) is 10.1. The Hall–Kier alpha value is -0.110. The average Bonchev–Trinajstić information content (AvgIpc) is 2.19. The molecule has 0 aliphatic carbocycles. The third-order valence-electron chi connectivity index (χ3n) is 2.61. The Bertz CT molecular complexity index is 210. The quantitative estimate of drug-likeness (QED) is 0.331. The van der Waals surface area contributed by atoms with Gasteiger partial charge in [-0.05, 0) is 19.3 Å². The minimum absolute atomic E-state index is 0.0480. The molecule has 2 N–H and O–H groups in total. The van der Waals surface area contributed by atoms with Gasteiger partial charge in [-0.2, -0.15) is 0 Å². The van der Waals surface area contributed by atoms with Crippen LogP contribution < -0.4 is 0 Å². The summed E-state index contributed by atoms with van der Waals surface area (Å²) in [6.45, 7) is 3.68. The maximum absolute atomic E-state index is 10.6. The number of unbranched alkanes of at least 4 members (excludes halogenated alkanes) is 8. The van der Waals surface area contributed by atoms with Crippen LogP contribution in [0.3, 0.4) is 0 Å². The fraction of sp³-hybridized carbons (Fsp3) is 0.833. The summed E-state index contributed by atoms with van der Waals surface area (Å²) in [7, 11) is -3.75. The summed E-state index contributed by atoms with van der Waals surface area (Å²) in [4.78, 5) is 17.3. The van der Waals surface area contributed by atoms with Gasteiger partial charge in [0.2, 0.25) is 0 Å². The van der Waals surface area contributed by atoms with Crippen molar-refractivity contribution < 1.29 is 14.4 Å². The van der Waals surface area contributed by atoms with Crippen LogP contribution in [0.25, 0.3) is 0 Å². The first-order valence-corrected chi connectivity index (χ1v) is 8.01. The molecule has 0 unspecified atom stereocenters. The van der Waals surface area contributed by atoms with Crippen LogP contribution in [0.15, 0.2) is 12.7 Å². The van der Waals surface area contributed by atoms with Gasteiger partial charge < -0.3 is 9.79 Å². The van der Waals surface area contributed by atoms with E-state index in [1.807, 2.05) is 6.08 Å². The van der Waals surface area contributed by atoms with Crippen molar-refractivity contribution in [3.63, 3.8) is 0 Å². The van der Waals surface area contributed by atoms with Gasteiger partial charge in [0.1, 0.15) is 0 Å². The lowest BCUT2D eigenvalue weighted by Crippen LogP contribution is -1.88. The minimum Gasteiger partial charge on any atom is -0.324 e. The molecule has 0 aromatic carbocycles. The highest BCUT2D eigenvalue weighted by Gasteiger charge is 2.10. The Morgan fingerprint density at radius 3 is 1.75 bits per heavy atom. The molecule has 3 nitrogen and oxygen atoms in total. The number of allylic oxidation sites excluding steroid dienone is 1. The highest BCUT2D eigenvalue weighted by Crippen LogP contribution is 2.35. The molecule has 0 rings (SSSR count). The molecule has 0 saturated heterocycles. The van der Waals surface area contributed by atoms with Crippen molar-refractivity contribution in [3.05, 3.63) is 12.7 Å². The standard InChI is InChI=1S/C12H25O3P/c1-2-3-4-5-6-7-8-9-10-11-12-16(13,14)15/h2H,1,3-12H2,(H2,13,14,15). The van der Waals surface area contributed by atoms with Gasteiger partial charge in [0, 0.05) is 6.16 Å². The molecule has 0 bridgehead atoms. The smallest absolute Gasteiger partial charge is 0.324 e. The molecule has 0 amide bonds. The predicted molar refractivity (Wildman–Crippen MR) is 68.7 cm³/mol. The molecule has 0 fully saturated rings. The van der Waals surface area contributed by atoms with Crippen LogP contribution in [0.1, 0.15) is 57.8 Å². The lowest BCUT2D eigenvalue weighted by atomic mass is 10.1. The van der Waals surface area contributed by atoms with Crippen molar-refractivity contribution in [2.24, 2.45) is 0 Å². The van der Waals surface area contributed by atoms with Crippen LogP contribution in [0.4, 0.5) is 0 Å². The zero-order chi connectivity index (χ0) is 12.3. The molecule has 0 saturated carbocycles. The van der Waals surface area contributed by atoms with Crippen molar-refractivity contribution in [1.82, 2.24) is 0 Å². The van der Waals surface area contributed by atoms with E-state index in [4.69, 9.17) is 9.79 Å². The van der Waals surface area contributed by atoms with Gasteiger partial charge in [-0.1, -0.05) is 44.6 Å². The van der Waals surface area contributed by atoms with Gasteiger partial charge in [0.25, 0.3) is 0 Å². The highest BCUT2D eigenvalue weighted by atomic mass is 31.2. The molecule has 96 valence electrons. The molecule has 0 radical (unpaired) electrons. The summed E-state index contributed by atoms with van der Waals surface area (Å²) >= 11 is 0. The van der Waals surface area contributed by atoms with Crippen molar-refractivity contribution in [2.75, 3.05) is 6.16 Å². The van der Waals surface area contributed by atoms with Crippen LogP contribution in [0.5, 0.6) is 0 Å². The van der Waals surface area contributed by atoms with E-state index in [1.54, 1.807) is 0 Å². The molecular formula is C12H25O3P. The fourth-order valence-corrected chi connectivity index (χ4v) is 2.30. The van der Waals surface area contributed by atoms with Crippen LogP contribution in [0, 0.1) is 0 Å². The second kappa shape index (κ2) is 10.1. The summed E-state index contributed by atoms with van der Waals surface area (Å²) in [6.07, 6.45) is 12.0. The second-order valence-electron chi connectivity index (χ2n) is 4.29. The summed E-state index contributed by atoms with van der Waals surface area (Å²) in [5.74, 6) is 0. The molecule has 0 heterocycles. The predicted octanol–water partition coefficient (Wildman–Crippen LogP) is 3.86. The Morgan fingerprint density at radius 2 is 1.31 bits per heavy atom. The summed E-state index contributed by atoms with van der Waals surface area (Å²) in [5, 5.41) is 0. The Morgan fingerprint density at radius 1 is 0.875 bits per heavy atom. The number of hydrogen-bond acceptors (Lipinski definition) is 1. The Kier molecular flexibility index (Phi) is 10.0. The van der Waals surface area contributed by atoms with Gasteiger partial charge in [0.15, 0.2) is 0 Å². The Balaban J connectivity index is 3.04. The van der Waals surface area contributed by atoms with Gasteiger partial charge in [0.05, 0.1) is 0 Å². The van der Waals surface area contributed by atoms with Crippen LogP contribution in [-0.4, -0.2) is 15.9 Å². The van der Waals surface area contributed by atoms with E-state index in [9.17, 15) is 4.57 Å². The molecule has 0 aliphatic heterocycles. The van der Waals surface area contributed by atoms with Crippen molar-refractivity contribution in [1.29, 1.82) is 0 Å². The summed E-state index contributed by atoms with van der Waals surface area (Å²) in [6, 6.07) is 0. The number of hydrogen-bond donors (Lipinski definition) is 2. The van der Waals surface area contributed by atoms with Crippen LogP contribution >= 0.6 is 7.60 Å². The SMILES string of the molecule is C=CCCCCCCCCCCP(=O)(O)O. The van der Waals surface area contributed by atoms with Crippen molar-refractivity contribution >= 4 is 7.60 Å². The van der Waals surface area contributed by atoms with Gasteiger partial charge in [-0.15, -0.1) is 6.58 Å². The fourth-order valence-electron chi connectivity index (χ4n) is 1.67. The summed E-state index contributed by atoms with van der Waals surface area (Å²) in [5.41, 5.74) is 0. The molecule has 16 heavy (non-hydrogen) atoms. The molecule has 0 atom stereocenters. The molecule has 0 aliphatic rings. The molecule has 0 aromatic rings. The van der Waals surface area contributed by atoms with Crippen molar-refractivity contribution in [3.8, 4) is 0 Å². The number of rotatable bonds is 11. The lowest BCUT2D eigenvalue weighted by Gasteiger charge is -2.03. The topological polar surface area (TPSA) is 57.5 Å². The van der Waals surface area contributed by atoms with Crippen LogP contribution in [-0.2, 0) is 4.57 Å². The van der Waals surface area contributed by atoms with Gasteiger partial charge in [-0.3, -0.25) is 4.57 Å². The zero-order valence-corrected chi connectivity index (χ0v) is 11.0. The largest absolute Gasteiger partial charge is 0.325 e. The van der Waals surface area contributed by atoms with E-state index in [-0.39, 0.29) is 6.16 Å². The monoisotopic (exact) mass is 248 g/mol. The maximum Gasteiger partial charge on any atom is 0.325 e. The highest BCUT2D eigenvalue weighted by molar-refractivity contribution is 7.51.